The van der Waals surface area contributed by atoms with Gasteiger partial charge in [-0.15, -0.1) is 0 Å². The number of rotatable bonds is 6. The minimum atomic E-state index is -0.0568. The molecule has 1 saturated heterocycles. The van der Waals surface area contributed by atoms with Crippen LogP contribution in [0.3, 0.4) is 0 Å². The zero-order valence-electron chi connectivity index (χ0n) is 14.6. The average molecular weight is 343 g/mol. The van der Waals surface area contributed by atoms with Gasteiger partial charge in [0.1, 0.15) is 5.75 Å². The quantitative estimate of drug-likeness (QED) is 0.843. The average Bonchev–Trinajstić information content (AvgIpc) is 3.00. The maximum atomic E-state index is 12.0. The van der Waals surface area contributed by atoms with Crippen LogP contribution in [0.15, 0.2) is 34.9 Å². The van der Waals surface area contributed by atoms with Crippen LogP contribution in [0, 0.1) is 12.8 Å². The van der Waals surface area contributed by atoms with Crippen molar-refractivity contribution in [1.29, 1.82) is 0 Å². The van der Waals surface area contributed by atoms with Gasteiger partial charge >= 0.3 is 0 Å². The van der Waals surface area contributed by atoms with Crippen molar-refractivity contribution in [3.63, 3.8) is 0 Å². The number of piperidine rings is 1. The van der Waals surface area contributed by atoms with Crippen molar-refractivity contribution >= 4 is 11.8 Å². The van der Waals surface area contributed by atoms with Crippen LogP contribution in [-0.2, 0) is 11.2 Å². The van der Waals surface area contributed by atoms with Gasteiger partial charge in [0, 0.05) is 6.07 Å². The Morgan fingerprint density at radius 3 is 2.68 bits per heavy atom. The van der Waals surface area contributed by atoms with E-state index in [1.165, 1.54) is 5.56 Å². The maximum Gasteiger partial charge on any atom is 0.240 e. The van der Waals surface area contributed by atoms with Crippen LogP contribution in [-0.4, -0.2) is 40.7 Å². The largest absolute Gasteiger partial charge is 0.508 e. The van der Waals surface area contributed by atoms with Gasteiger partial charge in [-0.3, -0.25) is 15.0 Å². The van der Waals surface area contributed by atoms with Crippen molar-refractivity contribution in [2.75, 3.05) is 25.0 Å². The first-order chi connectivity index (χ1) is 12.1. The number of phenolic OH excluding ortho intramolecular Hbond substituents is 1. The summed E-state index contributed by atoms with van der Waals surface area (Å²) in [5.74, 6) is 1.37. The van der Waals surface area contributed by atoms with Crippen molar-refractivity contribution in [2.24, 2.45) is 5.92 Å². The zero-order chi connectivity index (χ0) is 17.6. The molecule has 0 saturated carbocycles. The summed E-state index contributed by atoms with van der Waals surface area (Å²) in [7, 11) is 0. The first kappa shape index (κ1) is 17.5. The maximum absolute atomic E-state index is 12.0. The number of aromatic nitrogens is 1. The molecule has 25 heavy (non-hydrogen) atoms. The fourth-order valence-corrected chi connectivity index (χ4v) is 3.27. The Morgan fingerprint density at radius 1 is 1.32 bits per heavy atom. The third kappa shape index (κ3) is 5.32. The molecule has 2 N–H and O–H groups in total. The molecule has 0 radical (unpaired) electrons. The molecule has 2 aromatic rings. The minimum Gasteiger partial charge on any atom is -0.508 e. The molecule has 1 aromatic heterocycles. The van der Waals surface area contributed by atoms with Crippen molar-refractivity contribution in [3.8, 4) is 5.75 Å². The second kappa shape index (κ2) is 8.16. The molecule has 1 aliphatic rings. The molecule has 0 unspecified atom stereocenters. The van der Waals surface area contributed by atoms with Gasteiger partial charge in [0.2, 0.25) is 11.8 Å². The summed E-state index contributed by atoms with van der Waals surface area (Å²) < 4.78 is 5.01. The molecular weight excluding hydrogens is 318 g/mol. The first-order valence-electron chi connectivity index (χ1n) is 8.82. The Balaban J connectivity index is 1.36. The van der Waals surface area contributed by atoms with Crippen molar-refractivity contribution in [3.05, 3.63) is 41.6 Å². The van der Waals surface area contributed by atoms with Gasteiger partial charge in [0.25, 0.3) is 0 Å². The second-order valence-corrected chi connectivity index (χ2v) is 6.81. The molecule has 0 bridgehead atoms. The smallest absolute Gasteiger partial charge is 0.240 e. The number of nitrogens with one attached hydrogen (secondary N) is 1. The van der Waals surface area contributed by atoms with E-state index in [4.69, 9.17) is 4.52 Å². The molecule has 1 fully saturated rings. The van der Waals surface area contributed by atoms with Crippen LogP contribution in [0.1, 0.15) is 30.5 Å². The van der Waals surface area contributed by atoms with E-state index in [0.29, 0.717) is 24.1 Å². The fourth-order valence-electron chi connectivity index (χ4n) is 3.27. The Kier molecular flexibility index (Phi) is 5.71. The number of aryl methyl sites for hydroxylation is 2. The number of hydrogen-bond acceptors (Lipinski definition) is 5. The third-order valence-electron chi connectivity index (χ3n) is 4.74. The lowest BCUT2D eigenvalue weighted by Crippen LogP contribution is -2.39. The summed E-state index contributed by atoms with van der Waals surface area (Å²) >= 11 is 0. The minimum absolute atomic E-state index is 0.0568. The monoisotopic (exact) mass is 343 g/mol. The van der Waals surface area contributed by atoms with E-state index in [0.717, 1.165) is 44.5 Å². The van der Waals surface area contributed by atoms with Crippen LogP contribution >= 0.6 is 0 Å². The van der Waals surface area contributed by atoms with Crippen molar-refractivity contribution in [2.45, 2.75) is 32.6 Å². The van der Waals surface area contributed by atoms with Crippen LogP contribution in [0.2, 0.25) is 0 Å². The van der Waals surface area contributed by atoms with Gasteiger partial charge in [-0.1, -0.05) is 17.3 Å². The van der Waals surface area contributed by atoms with Crippen molar-refractivity contribution in [1.82, 2.24) is 10.1 Å². The van der Waals surface area contributed by atoms with Crippen LogP contribution in [0.25, 0.3) is 0 Å². The molecule has 2 heterocycles. The number of carbonyl (C=O) groups is 1. The Hall–Kier alpha value is -2.34. The number of hydrogen-bond donors (Lipinski definition) is 2. The zero-order valence-corrected chi connectivity index (χ0v) is 14.6. The Morgan fingerprint density at radius 2 is 2.04 bits per heavy atom. The summed E-state index contributed by atoms with van der Waals surface area (Å²) in [6.45, 7) is 4.11. The molecule has 1 aromatic carbocycles. The number of phenols is 1. The number of benzene rings is 1. The van der Waals surface area contributed by atoms with E-state index in [9.17, 15) is 9.90 Å². The molecule has 134 valence electrons. The number of carbonyl (C=O) groups excluding carboxylic acids is 1. The lowest BCUT2D eigenvalue weighted by Gasteiger charge is -2.31. The van der Waals surface area contributed by atoms with Gasteiger partial charge in [0.05, 0.1) is 12.2 Å². The van der Waals surface area contributed by atoms with Gasteiger partial charge in [-0.2, -0.15) is 0 Å². The van der Waals surface area contributed by atoms with Crippen LogP contribution in [0.5, 0.6) is 5.75 Å². The summed E-state index contributed by atoms with van der Waals surface area (Å²) in [4.78, 5) is 14.2. The molecule has 6 nitrogen and oxygen atoms in total. The van der Waals surface area contributed by atoms with E-state index in [2.05, 4.69) is 15.4 Å². The summed E-state index contributed by atoms with van der Waals surface area (Å²) in [6, 6.07) is 9.17. The molecule has 0 spiro atoms. The molecule has 0 atom stereocenters. The lowest BCUT2D eigenvalue weighted by atomic mass is 9.90. The van der Waals surface area contributed by atoms with Crippen LogP contribution < -0.4 is 5.32 Å². The molecule has 6 heteroatoms. The summed E-state index contributed by atoms with van der Waals surface area (Å²) in [5, 5.41) is 15.8. The SMILES string of the molecule is Cc1cc(NC(=O)CN2CCC(CCc3ccc(O)cc3)CC2)on1. The van der Waals surface area contributed by atoms with Crippen molar-refractivity contribution < 1.29 is 14.4 Å². The molecule has 1 amide bonds. The van der Waals surface area contributed by atoms with Crippen LogP contribution in [0.4, 0.5) is 5.88 Å². The van der Waals surface area contributed by atoms with Gasteiger partial charge in [0.15, 0.2) is 0 Å². The highest BCUT2D eigenvalue weighted by Crippen LogP contribution is 2.23. The van der Waals surface area contributed by atoms with E-state index in [-0.39, 0.29) is 5.91 Å². The molecular formula is C19H25N3O3. The predicted molar refractivity (Wildman–Crippen MR) is 95.5 cm³/mol. The predicted octanol–water partition coefficient (Wildman–Crippen LogP) is 2.97. The Labute approximate surface area is 147 Å². The highest BCUT2D eigenvalue weighted by Gasteiger charge is 2.21. The molecule has 1 aliphatic heterocycles. The standard InChI is InChI=1S/C19H25N3O3/c1-14-12-19(25-21-14)20-18(24)13-22-10-8-16(9-11-22)3-2-15-4-6-17(23)7-5-15/h4-7,12,16,23H,2-3,8-11,13H2,1H3,(H,20,24). The lowest BCUT2D eigenvalue weighted by molar-refractivity contribution is -0.117. The number of likely N-dealkylation sites (tertiary alicyclic amines) is 1. The number of aromatic hydroxyl groups is 1. The van der Waals surface area contributed by atoms with Gasteiger partial charge in [-0.05, 0) is 69.3 Å². The topological polar surface area (TPSA) is 78.6 Å². The van der Waals surface area contributed by atoms with Gasteiger partial charge < -0.3 is 9.63 Å². The van der Waals surface area contributed by atoms with Gasteiger partial charge in [-0.25, -0.2) is 0 Å². The van der Waals surface area contributed by atoms with E-state index < -0.39 is 0 Å². The fraction of sp³-hybridized carbons (Fsp3) is 0.474. The van der Waals surface area contributed by atoms with E-state index in [1.54, 1.807) is 18.2 Å². The summed E-state index contributed by atoms with van der Waals surface area (Å²) in [6.07, 6.45) is 4.43. The van der Waals surface area contributed by atoms with E-state index >= 15 is 0 Å². The molecule has 0 aliphatic carbocycles. The highest BCUT2D eigenvalue weighted by atomic mass is 16.5. The number of anilines is 1. The normalized spacial score (nSPS) is 16.0. The third-order valence-corrected chi connectivity index (χ3v) is 4.74. The highest BCUT2D eigenvalue weighted by molar-refractivity contribution is 5.90. The Bertz CT molecular complexity index is 688. The second-order valence-electron chi connectivity index (χ2n) is 6.81. The first-order valence-corrected chi connectivity index (χ1v) is 8.82. The number of amides is 1. The molecule has 3 rings (SSSR count). The van der Waals surface area contributed by atoms with E-state index in [1.807, 2.05) is 19.1 Å². The number of nitrogens with zero attached hydrogens (tertiary/aromatic N) is 2. The summed E-state index contributed by atoms with van der Waals surface area (Å²) in [5.41, 5.74) is 2.02.